The maximum absolute atomic E-state index is 10.5. The zero-order chi connectivity index (χ0) is 13.8. The van der Waals surface area contributed by atoms with Crippen molar-refractivity contribution in [2.24, 2.45) is 0 Å². The molecule has 6 heteroatoms. The molecule has 0 aliphatic heterocycles. The number of nitro groups is 1. The normalized spacial score (nSPS) is 9.68. The lowest BCUT2D eigenvalue weighted by atomic mass is 10.2. The minimum atomic E-state index is -0.488. The molecule has 0 atom stereocenters. The van der Waals surface area contributed by atoms with Crippen molar-refractivity contribution in [1.82, 2.24) is 0 Å². The molecule has 94 valence electrons. The van der Waals surface area contributed by atoms with Gasteiger partial charge in [0.2, 0.25) is 0 Å². The van der Waals surface area contributed by atoms with Crippen molar-refractivity contribution in [2.75, 3.05) is 0 Å². The number of non-ortho nitro benzene ring substituents is 1. The zero-order valence-corrected chi connectivity index (χ0v) is 10.3. The Labute approximate surface area is 113 Å². The van der Waals surface area contributed by atoms with Gasteiger partial charge in [0.15, 0.2) is 0 Å². The first-order chi connectivity index (χ1) is 9.10. The molecule has 0 saturated heterocycles. The van der Waals surface area contributed by atoms with Crippen LogP contribution < -0.4 is 4.74 Å². The number of ether oxygens (including phenoxy) is 1. The lowest BCUT2D eigenvalue weighted by molar-refractivity contribution is -0.384. The second-order valence-corrected chi connectivity index (χ2v) is 4.02. The molecule has 0 aliphatic rings. The second-order valence-electron chi connectivity index (χ2n) is 3.61. The zero-order valence-electron chi connectivity index (χ0n) is 9.54. The summed E-state index contributed by atoms with van der Waals surface area (Å²) in [5.74, 6) is 0.812. The molecule has 0 radical (unpaired) electrons. The van der Waals surface area contributed by atoms with Gasteiger partial charge >= 0.3 is 0 Å². The second kappa shape index (κ2) is 5.38. The van der Waals surface area contributed by atoms with Crippen LogP contribution in [0.5, 0.6) is 11.5 Å². The summed E-state index contributed by atoms with van der Waals surface area (Å²) in [6.45, 7) is 0. The van der Waals surface area contributed by atoms with Crippen molar-refractivity contribution in [3.05, 3.63) is 63.2 Å². The summed E-state index contributed by atoms with van der Waals surface area (Å²) >= 11 is 5.96. The van der Waals surface area contributed by atoms with Crippen LogP contribution in [0.25, 0.3) is 0 Å². The van der Waals surface area contributed by atoms with Gasteiger partial charge in [0, 0.05) is 12.1 Å². The minimum Gasteiger partial charge on any atom is -0.456 e. The van der Waals surface area contributed by atoms with Crippen molar-refractivity contribution in [2.45, 2.75) is 0 Å². The third-order valence-electron chi connectivity index (χ3n) is 2.34. The van der Waals surface area contributed by atoms with Crippen LogP contribution in [0.4, 0.5) is 5.69 Å². The van der Waals surface area contributed by atoms with E-state index in [9.17, 15) is 10.1 Å². The summed E-state index contributed by atoms with van der Waals surface area (Å²) in [4.78, 5) is 10.0. The molecule has 19 heavy (non-hydrogen) atoms. The molecule has 0 bridgehead atoms. The van der Waals surface area contributed by atoms with Crippen molar-refractivity contribution < 1.29 is 9.66 Å². The Morgan fingerprint density at radius 2 is 1.89 bits per heavy atom. The fourth-order valence-corrected chi connectivity index (χ4v) is 1.64. The Balaban J connectivity index is 2.22. The highest BCUT2D eigenvalue weighted by molar-refractivity contribution is 6.32. The van der Waals surface area contributed by atoms with Gasteiger partial charge in [0.1, 0.15) is 11.5 Å². The van der Waals surface area contributed by atoms with E-state index in [2.05, 4.69) is 0 Å². The summed E-state index contributed by atoms with van der Waals surface area (Å²) in [6.07, 6.45) is 0. The smallest absolute Gasteiger partial charge is 0.269 e. The quantitative estimate of drug-likeness (QED) is 0.628. The van der Waals surface area contributed by atoms with E-state index in [1.54, 1.807) is 12.1 Å². The highest BCUT2D eigenvalue weighted by Crippen LogP contribution is 2.30. The van der Waals surface area contributed by atoms with Crippen LogP contribution >= 0.6 is 11.6 Å². The summed E-state index contributed by atoms with van der Waals surface area (Å²) in [6, 6.07) is 12.2. The lowest BCUT2D eigenvalue weighted by Crippen LogP contribution is -1.89. The van der Waals surface area contributed by atoms with Crippen molar-refractivity contribution in [3.63, 3.8) is 0 Å². The van der Waals surface area contributed by atoms with E-state index in [0.29, 0.717) is 22.1 Å². The van der Waals surface area contributed by atoms with Crippen LogP contribution in [0.2, 0.25) is 5.02 Å². The first kappa shape index (κ1) is 12.9. The predicted octanol–water partition coefficient (Wildman–Crippen LogP) is 3.91. The van der Waals surface area contributed by atoms with Gasteiger partial charge in [0.05, 0.1) is 21.6 Å². The monoisotopic (exact) mass is 274 g/mol. The molecule has 0 amide bonds. The number of hydrogen-bond acceptors (Lipinski definition) is 4. The van der Waals surface area contributed by atoms with E-state index >= 15 is 0 Å². The van der Waals surface area contributed by atoms with E-state index < -0.39 is 4.92 Å². The molecule has 0 saturated carbocycles. The fraction of sp³-hybridized carbons (Fsp3) is 0. The van der Waals surface area contributed by atoms with Gasteiger partial charge < -0.3 is 4.74 Å². The molecular weight excluding hydrogens is 268 g/mol. The van der Waals surface area contributed by atoms with Gasteiger partial charge in [-0.05, 0) is 30.3 Å². The van der Waals surface area contributed by atoms with E-state index in [1.165, 1.54) is 30.3 Å². The molecule has 2 aromatic carbocycles. The highest BCUT2D eigenvalue weighted by Gasteiger charge is 2.07. The number of nitriles is 1. The van der Waals surface area contributed by atoms with Crippen LogP contribution in [0.3, 0.4) is 0 Å². The van der Waals surface area contributed by atoms with Crippen LogP contribution in [0, 0.1) is 21.4 Å². The van der Waals surface area contributed by atoms with Crippen molar-refractivity contribution in [1.29, 1.82) is 5.26 Å². The maximum atomic E-state index is 10.5. The Bertz CT molecular complexity index is 663. The molecule has 5 nitrogen and oxygen atoms in total. The standard InChI is InChI=1S/C13H7ClN2O3/c14-12-7-9(8-15)1-6-13(12)19-11-4-2-10(3-5-11)16(17)18/h1-7H. The van der Waals surface area contributed by atoms with Gasteiger partial charge in [-0.25, -0.2) is 0 Å². The molecule has 0 aliphatic carbocycles. The van der Waals surface area contributed by atoms with Crippen LogP contribution in [-0.2, 0) is 0 Å². The largest absolute Gasteiger partial charge is 0.456 e. The van der Waals surface area contributed by atoms with E-state index in [-0.39, 0.29) is 5.69 Å². The molecule has 2 aromatic rings. The number of nitrogens with zero attached hydrogens (tertiary/aromatic N) is 2. The highest BCUT2D eigenvalue weighted by atomic mass is 35.5. The first-order valence-electron chi connectivity index (χ1n) is 5.22. The number of hydrogen-bond donors (Lipinski definition) is 0. The molecule has 0 unspecified atom stereocenters. The number of nitro benzene ring substituents is 1. The summed E-state index contributed by atoms with van der Waals surface area (Å²) in [7, 11) is 0. The molecule has 0 aromatic heterocycles. The average molecular weight is 275 g/mol. The van der Waals surface area contributed by atoms with Gasteiger partial charge in [-0.15, -0.1) is 0 Å². The Morgan fingerprint density at radius 1 is 1.21 bits per heavy atom. The van der Waals surface area contributed by atoms with E-state index in [1.807, 2.05) is 6.07 Å². The average Bonchev–Trinajstić information content (AvgIpc) is 2.41. The molecular formula is C13H7ClN2O3. The Morgan fingerprint density at radius 3 is 2.42 bits per heavy atom. The third-order valence-corrected chi connectivity index (χ3v) is 2.63. The molecule has 0 heterocycles. The van der Waals surface area contributed by atoms with Gasteiger partial charge in [-0.2, -0.15) is 5.26 Å². The van der Waals surface area contributed by atoms with Gasteiger partial charge in [0.25, 0.3) is 5.69 Å². The number of benzene rings is 2. The van der Waals surface area contributed by atoms with E-state index in [4.69, 9.17) is 21.6 Å². The molecule has 0 N–H and O–H groups in total. The van der Waals surface area contributed by atoms with Crippen molar-refractivity contribution in [3.8, 4) is 17.6 Å². The molecule has 0 fully saturated rings. The van der Waals surface area contributed by atoms with E-state index in [0.717, 1.165) is 0 Å². The number of rotatable bonds is 3. The minimum absolute atomic E-state index is 0.0155. The number of halogens is 1. The SMILES string of the molecule is N#Cc1ccc(Oc2ccc([N+](=O)[O-])cc2)c(Cl)c1. The fourth-order valence-electron chi connectivity index (χ4n) is 1.42. The van der Waals surface area contributed by atoms with Crippen LogP contribution in [-0.4, -0.2) is 4.92 Å². The van der Waals surface area contributed by atoms with Crippen LogP contribution in [0.1, 0.15) is 5.56 Å². The lowest BCUT2D eigenvalue weighted by Gasteiger charge is -2.07. The maximum Gasteiger partial charge on any atom is 0.269 e. The predicted molar refractivity (Wildman–Crippen MR) is 69.3 cm³/mol. The Hall–Kier alpha value is -2.58. The molecule has 2 rings (SSSR count). The van der Waals surface area contributed by atoms with Crippen molar-refractivity contribution >= 4 is 17.3 Å². The topological polar surface area (TPSA) is 76.2 Å². The molecule has 0 spiro atoms. The first-order valence-corrected chi connectivity index (χ1v) is 5.60. The van der Waals surface area contributed by atoms with Gasteiger partial charge in [-0.3, -0.25) is 10.1 Å². The van der Waals surface area contributed by atoms with Crippen LogP contribution in [0.15, 0.2) is 42.5 Å². The summed E-state index contributed by atoms with van der Waals surface area (Å²) in [5.41, 5.74) is 0.416. The Kier molecular flexibility index (Phi) is 3.64. The summed E-state index contributed by atoms with van der Waals surface area (Å²) in [5, 5.41) is 19.5. The third kappa shape index (κ3) is 3.00. The van der Waals surface area contributed by atoms with Gasteiger partial charge in [-0.1, -0.05) is 11.6 Å². The summed E-state index contributed by atoms with van der Waals surface area (Å²) < 4.78 is 5.48.